The molecule has 2 N–H and O–H groups in total. The first-order valence-corrected chi connectivity index (χ1v) is 15.5. The van der Waals surface area contributed by atoms with Gasteiger partial charge in [-0.25, -0.2) is 0 Å². The number of nitrogens with one attached hydrogen (secondary N) is 1. The van der Waals surface area contributed by atoms with Crippen molar-refractivity contribution in [2.75, 3.05) is 33.0 Å². The number of carbonyl (C=O) groups is 4. The zero-order valence-electron chi connectivity index (χ0n) is 24.9. The number of Topliss-reactive ketones (excluding diaryl/α,β-unsaturated/α-hetero) is 2. The third-order valence-electron chi connectivity index (χ3n) is 6.78. The van der Waals surface area contributed by atoms with Crippen molar-refractivity contribution in [2.45, 2.75) is 136 Å². The minimum absolute atomic E-state index is 0.0148. The summed E-state index contributed by atoms with van der Waals surface area (Å²) in [6, 6.07) is 0. The molecule has 0 radical (unpaired) electrons. The van der Waals surface area contributed by atoms with E-state index in [1.54, 1.807) is 0 Å². The number of amides is 1. The molecule has 0 aliphatic carbocycles. The summed E-state index contributed by atoms with van der Waals surface area (Å²) in [6.45, 7) is 5.22. The number of carboxylic acid groups (broad SMARTS) is 1. The zero-order valence-corrected chi connectivity index (χ0v) is 24.9. The Balaban J connectivity index is 3.41. The summed E-state index contributed by atoms with van der Waals surface area (Å²) < 4.78 is 10.4. The Morgan fingerprint density at radius 3 is 1.67 bits per heavy atom. The highest BCUT2D eigenvalue weighted by atomic mass is 16.5. The van der Waals surface area contributed by atoms with Crippen LogP contribution in [0.15, 0.2) is 0 Å². The quantitative estimate of drug-likeness (QED) is 0.0981. The molecule has 1 atom stereocenters. The van der Waals surface area contributed by atoms with Crippen LogP contribution in [0.2, 0.25) is 0 Å². The van der Waals surface area contributed by atoms with Crippen molar-refractivity contribution < 1.29 is 33.8 Å². The number of hydrogen-bond acceptors (Lipinski definition) is 6. The molecule has 0 bridgehead atoms. The summed E-state index contributed by atoms with van der Waals surface area (Å²) in [5.74, 6) is -0.190. The van der Waals surface area contributed by atoms with Gasteiger partial charge in [-0.3, -0.25) is 19.2 Å². The van der Waals surface area contributed by atoms with Gasteiger partial charge in [-0.15, -0.1) is 0 Å². The van der Waals surface area contributed by atoms with Crippen molar-refractivity contribution in [3.63, 3.8) is 0 Å². The zero-order chi connectivity index (χ0) is 29.0. The summed E-state index contributed by atoms with van der Waals surface area (Å²) in [4.78, 5) is 45.4. The lowest BCUT2D eigenvalue weighted by molar-refractivity contribution is -0.137. The molecule has 0 aliphatic rings. The van der Waals surface area contributed by atoms with Gasteiger partial charge < -0.3 is 19.9 Å². The number of carboxylic acids is 1. The van der Waals surface area contributed by atoms with Gasteiger partial charge in [0.15, 0.2) is 5.78 Å². The maximum absolute atomic E-state index is 12.2. The smallest absolute Gasteiger partial charge is 0.303 e. The fourth-order valence-corrected chi connectivity index (χ4v) is 4.48. The molecule has 0 unspecified atom stereocenters. The molecule has 0 rings (SSSR count). The lowest BCUT2D eigenvalue weighted by atomic mass is 9.96. The molecule has 228 valence electrons. The Hall–Kier alpha value is -1.80. The third kappa shape index (κ3) is 30.6. The summed E-state index contributed by atoms with van der Waals surface area (Å²) in [5, 5.41) is 11.4. The van der Waals surface area contributed by atoms with Crippen molar-refractivity contribution >= 4 is 23.4 Å². The lowest BCUT2D eigenvalue weighted by Crippen LogP contribution is -2.28. The van der Waals surface area contributed by atoms with Gasteiger partial charge in [0.2, 0.25) is 5.91 Å². The number of ether oxygens (including phenoxy) is 2. The van der Waals surface area contributed by atoms with Gasteiger partial charge in [-0.2, -0.15) is 0 Å². The van der Waals surface area contributed by atoms with Crippen LogP contribution in [0.1, 0.15) is 136 Å². The van der Waals surface area contributed by atoms with Crippen molar-refractivity contribution in [2.24, 2.45) is 5.92 Å². The fourth-order valence-electron chi connectivity index (χ4n) is 4.48. The molecule has 8 heteroatoms. The molecule has 39 heavy (non-hydrogen) atoms. The second-order valence-corrected chi connectivity index (χ2v) is 10.9. The van der Waals surface area contributed by atoms with Crippen LogP contribution in [0, 0.1) is 5.92 Å². The van der Waals surface area contributed by atoms with Crippen LogP contribution in [0.5, 0.6) is 0 Å². The molecule has 0 aromatic rings. The molecule has 0 fully saturated rings. The molecule has 0 heterocycles. The summed E-state index contributed by atoms with van der Waals surface area (Å²) in [7, 11) is 0. The Bertz CT molecular complexity index is 638. The second-order valence-electron chi connectivity index (χ2n) is 10.9. The van der Waals surface area contributed by atoms with E-state index in [2.05, 4.69) is 5.32 Å². The maximum atomic E-state index is 12.2. The largest absolute Gasteiger partial charge is 0.481 e. The van der Waals surface area contributed by atoms with E-state index < -0.39 is 5.97 Å². The van der Waals surface area contributed by atoms with E-state index in [1.807, 2.05) is 6.92 Å². The third-order valence-corrected chi connectivity index (χ3v) is 6.78. The van der Waals surface area contributed by atoms with E-state index in [0.717, 1.165) is 32.1 Å². The van der Waals surface area contributed by atoms with E-state index in [9.17, 15) is 19.2 Å². The molecular weight excluding hydrogens is 498 g/mol. The predicted octanol–water partition coefficient (Wildman–Crippen LogP) is 6.43. The average molecular weight is 556 g/mol. The van der Waals surface area contributed by atoms with Crippen molar-refractivity contribution in [1.82, 2.24) is 5.32 Å². The molecule has 0 spiro atoms. The van der Waals surface area contributed by atoms with E-state index in [-0.39, 0.29) is 24.2 Å². The normalized spacial score (nSPS) is 11.8. The van der Waals surface area contributed by atoms with Gasteiger partial charge in [-0.05, 0) is 32.1 Å². The number of aliphatic carboxylic acids is 1. The number of rotatable bonds is 30. The minimum Gasteiger partial charge on any atom is -0.481 e. The van der Waals surface area contributed by atoms with Crippen LogP contribution in [0.25, 0.3) is 0 Å². The van der Waals surface area contributed by atoms with E-state index >= 15 is 0 Å². The van der Waals surface area contributed by atoms with Crippen LogP contribution < -0.4 is 5.32 Å². The highest BCUT2D eigenvalue weighted by molar-refractivity contribution is 5.79. The first-order valence-electron chi connectivity index (χ1n) is 15.5. The SMILES string of the molecule is CC(=O)COCCOCCNC(=O)CC[C@@H](C)CC(=O)CCCCCCCCCCCCCCCCC(=O)O. The van der Waals surface area contributed by atoms with Gasteiger partial charge >= 0.3 is 5.97 Å². The van der Waals surface area contributed by atoms with Gasteiger partial charge in [0.05, 0.1) is 19.8 Å². The highest BCUT2D eigenvalue weighted by Gasteiger charge is 2.11. The Morgan fingerprint density at radius 1 is 0.667 bits per heavy atom. The summed E-state index contributed by atoms with van der Waals surface area (Å²) >= 11 is 0. The van der Waals surface area contributed by atoms with Gasteiger partial charge in [0.25, 0.3) is 0 Å². The van der Waals surface area contributed by atoms with Gasteiger partial charge in [0.1, 0.15) is 12.4 Å². The molecule has 8 nitrogen and oxygen atoms in total. The predicted molar refractivity (Wildman–Crippen MR) is 155 cm³/mol. The van der Waals surface area contributed by atoms with Gasteiger partial charge in [0, 0.05) is 32.2 Å². The van der Waals surface area contributed by atoms with Crippen LogP contribution in [0.3, 0.4) is 0 Å². The summed E-state index contributed by atoms with van der Waals surface area (Å²) in [5.41, 5.74) is 0. The average Bonchev–Trinajstić information content (AvgIpc) is 2.88. The van der Waals surface area contributed by atoms with E-state index in [0.29, 0.717) is 64.3 Å². The van der Waals surface area contributed by atoms with Crippen LogP contribution >= 0.6 is 0 Å². The maximum Gasteiger partial charge on any atom is 0.303 e. The number of ketones is 2. The van der Waals surface area contributed by atoms with E-state index in [1.165, 1.54) is 64.7 Å². The molecular formula is C31H57NO7. The van der Waals surface area contributed by atoms with Crippen molar-refractivity contribution in [3.8, 4) is 0 Å². The minimum atomic E-state index is -0.685. The van der Waals surface area contributed by atoms with Crippen LogP contribution in [-0.4, -0.2) is 61.5 Å². The first-order chi connectivity index (χ1) is 18.8. The standard InChI is InChI=1S/C31H57NO7/c1-27(19-20-30(35)32-21-22-38-23-24-39-26-28(2)33)25-29(34)17-15-13-11-9-7-5-3-4-6-8-10-12-14-16-18-31(36)37/h27H,3-26H2,1-2H3,(H,32,35)(H,36,37)/t27-/m1/s1. The highest BCUT2D eigenvalue weighted by Crippen LogP contribution is 2.16. The molecule has 0 aromatic carbocycles. The topological polar surface area (TPSA) is 119 Å². The van der Waals surface area contributed by atoms with Gasteiger partial charge in [-0.1, -0.05) is 84.0 Å². The Kier molecular flexibility index (Phi) is 26.5. The second kappa shape index (κ2) is 27.8. The van der Waals surface area contributed by atoms with Crippen LogP contribution in [0.4, 0.5) is 0 Å². The number of hydrogen-bond donors (Lipinski definition) is 2. The van der Waals surface area contributed by atoms with Crippen molar-refractivity contribution in [1.29, 1.82) is 0 Å². The number of carbonyl (C=O) groups excluding carboxylic acids is 3. The number of unbranched alkanes of at least 4 members (excludes halogenated alkanes) is 13. The van der Waals surface area contributed by atoms with Crippen LogP contribution in [-0.2, 0) is 28.7 Å². The van der Waals surface area contributed by atoms with Crippen molar-refractivity contribution in [3.05, 3.63) is 0 Å². The molecule has 0 aliphatic heterocycles. The fraction of sp³-hybridized carbons (Fsp3) is 0.871. The molecule has 0 saturated carbocycles. The lowest BCUT2D eigenvalue weighted by Gasteiger charge is -2.11. The Labute approximate surface area is 237 Å². The summed E-state index contributed by atoms with van der Waals surface area (Å²) in [6.07, 6.45) is 19.2. The molecule has 0 aromatic heterocycles. The first kappa shape index (κ1) is 37.2. The molecule has 1 amide bonds. The monoisotopic (exact) mass is 555 g/mol. The van der Waals surface area contributed by atoms with E-state index in [4.69, 9.17) is 14.6 Å². The Morgan fingerprint density at radius 2 is 1.15 bits per heavy atom. The molecule has 0 saturated heterocycles.